The van der Waals surface area contributed by atoms with Crippen LogP contribution >= 0.6 is 0 Å². The third-order valence-electron chi connectivity index (χ3n) is 4.39. The number of aliphatic hydroxyl groups excluding tert-OH is 2. The molecule has 1 aromatic rings. The predicted octanol–water partition coefficient (Wildman–Crippen LogP) is -0.655. The molecule has 146 valence electrons. The van der Waals surface area contributed by atoms with Gasteiger partial charge in [-0.15, -0.1) is 0 Å². The molecular weight excluding hydrogens is 360 g/mol. The third kappa shape index (κ3) is 4.01. The molecule has 0 saturated heterocycles. The molecule has 1 saturated carbocycles. The van der Waals surface area contributed by atoms with E-state index in [1.165, 1.54) is 18.2 Å². The average molecular weight is 380 g/mol. The molecule has 0 aliphatic heterocycles. The monoisotopic (exact) mass is 380 g/mol. The lowest BCUT2D eigenvalue weighted by molar-refractivity contribution is -0.212. The second-order valence-electron chi connectivity index (χ2n) is 6.37. The average Bonchev–Trinajstić information content (AvgIpc) is 2.60. The van der Waals surface area contributed by atoms with Crippen LogP contribution in [0.1, 0.15) is 18.4 Å². The minimum absolute atomic E-state index is 0.287. The van der Waals surface area contributed by atoms with E-state index in [9.17, 15) is 40.2 Å². The Hall–Kier alpha value is -2.72. The number of hydrogen-bond donors (Lipinski definition) is 6. The summed E-state index contributed by atoms with van der Waals surface area (Å²) in [5, 5.41) is 59.7. The molecule has 2 unspecified atom stereocenters. The van der Waals surface area contributed by atoms with Gasteiger partial charge in [0.25, 0.3) is 0 Å². The van der Waals surface area contributed by atoms with Gasteiger partial charge in [-0.3, -0.25) is 4.79 Å². The number of benzene rings is 1. The zero-order valence-electron chi connectivity index (χ0n) is 14.1. The van der Waals surface area contributed by atoms with Crippen molar-refractivity contribution in [2.45, 2.75) is 36.3 Å². The van der Waals surface area contributed by atoms with Crippen LogP contribution in [0.2, 0.25) is 0 Å². The molecule has 0 heterocycles. The SMILES string of the molecule is C=COC(=O)C1(O)C[C@@H](O)C(O)[C@@](O)(C(=O)/C=C/c2ccc(O)c(O)c2)C1. The first kappa shape index (κ1) is 20.6. The van der Waals surface area contributed by atoms with E-state index in [-0.39, 0.29) is 11.3 Å². The van der Waals surface area contributed by atoms with Crippen LogP contribution in [0.25, 0.3) is 6.08 Å². The van der Waals surface area contributed by atoms with Crippen LogP contribution in [0.15, 0.2) is 37.1 Å². The van der Waals surface area contributed by atoms with E-state index in [0.717, 1.165) is 18.4 Å². The molecule has 0 bridgehead atoms. The van der Waals surface area contributed by atoms with Gasteiger partial charge in [-0.1, -0.05) is 18.7 Å². The van der Waals surface area contributed by atoms with Gasteiger partial charge >= 0.3 is 5.97 Å². The molecule has 0 radical (unpaired) electrons. The van der Waals surface area contributed by atoms with Gasteiger partial charge in [0.1, 0.15) is 6.10 Å². The molecule has 6 N–H and O–H groups in total. The number of ketones is 1. The summed E-state index contributed by atoms with van der Waals surface area (Å²) in [6.07, 6.45) is -2.52. The molecule has 2 rings (SSSR count). The van der Waals surface area contributed by atoms with Gasteiger partial charge in [-0.05, 0) is 23.8 Å². The van der Waals surface area contributed by atoms with E-state index >= 15 is 0 Å². The van der Waals surface area contributed by atoms with Gasteiger partial charge in [-0.2, -0.15) is 0 Å². The Bertz CT molecular complexity index is 787. The topological polar surface area (TPSA) is 165 Å². The Morgan fingerprint density at radius 2 is 1.85 bits per heavy atom. The van der Waals surface area contributed by atoms with Crippen molar-refractivity contribution in [3.05, 3.63) is 42.7 Å². The fraction of sp³-hybridized carbons (Fsp3) is 0.333. The molecule has 27 heavy (non-hydrogen) atoms. The number of rotatable bonds is 5. The third-order valence-corrected chi connectivity index (χ3v) is 4.39. The van der Waals surface area contributed by atoms with Crippen LogP contribution in [0.4, 0.5) is 0 Å². The Morgan fingerprint density at radius 3 is 2.44 bits per heavy atom. The number of aliphatic hydroxyl groups is 4. The zero-order valence-corrected chi connectivity index (χ0v) is 14.1. The van der Waals surface area contributed by atoms with E-state index < -0.39 is 53.8 Å². The van der Waals surface area contributed by atoms with Crippen LogP contribution in [0.3, 0.4) is 0 Å². The highest BCUT2D eigenvalue weighted by Gasteiger charge is 2.59. The highest BCUT2D eigenvalue weighted by Crippen LogP contribution is 2.38. The van der Waals surface area contributed by atoms with Gasteiger partial charge < -0.3 is 35.4 Å². The lowest BCUT2D eigenvalue weighted by Crippen LogP contribution is -2.65. The maximum atomic E-state index is 12.5. The maximum absolute atomic E-state index is 12.5. The summed E-state index contributed by atoms with van der Waals surface area (Å²) in [7, 11) is 0. The number of ether oxygens (including phenoxy) is 1. The van der Waals surface area contributed by atoms with Crippen LogP contribution in [-0.2, 0) is 14.3 Å². The molecule has 1 fully saturated rings. The van der Waals surface area contributed by atoms with Crippen molar-refractivity contribution < 1.29 is 45.0 Å². The number of carbonyl (C=O) groups is 2. The van der Waals surface area contributed by atoms with Crippen LogP contribution in [-0.4, -0.2) is 65.8 Å². The summed E-state index contributed by atoms with van der Waals surface area (Å²) in [6.45, 7) is 3.16. The van der Waals surface area contributed by atoms with Gasteiger partial charge in [0.05, 0.1) is 12.4 Å². The number of hydrogen-bond acceptors (Lipinski definition) is 9. The Morgan fingerprint density at radius 1 is 1.19 bits per heavy atom. The molecular formula is C18H20O9. The summed E-state index contributed by atoms with van der Waals surface area (Å²) in [4.78, 5) is 24.4. The summed E-state index contributed by atoms with van der Waals surface area (Å²) in [5.74, 6) is -3.13. The Balaban J connectivity index is 2.30. The molecule has 1 aromatic carbocycles. The smallest absolute Gasteiger partial charge is 0.343 e. The summed E-state index contributed by atoms with van der Waals surface area (Å²) < 4.78 is 4.48. The minimum Gasteiger partial charge on any atom is -0.504 e. The number of aromatic hydroxyl groups is 2. The van der Waals surface area contributed by atoms with Crippen LogP contribution in [0, 0.1) is 0 Å². The van der Waals surface area contributed by atoms with E-state index in [1.54, 1.807) is 0 Å². The van der Waals surface area contributed by atoms with Gasteiger partial charge in [-0.25, -0.2) is 4.79 Å². The van der Waals surface area contributed by atoms with Gasteiger partial charge in [0, 0.05) is 12.8 Å². The maximum Gasteiger partial charge on any atom is 0.343 e. The fourth-order valence-corrected chi connectivity index (χ4v) is 2.93. The number of carbonyl (C=O) groups excluding carboxylic acids is 2. The van der Waals surface area contributed by atoms with Crippen LogP contribution in [0.5, 0.6) is 11.5 Å². The largest absolute Gasteiger partial charge is 0.504 e. The molecule has 0 spiro atoms. The quantitative estimate of drug-likeness (QED) is 0.168. The van der Waals surface area contributed by atoms with Gasteiger partial charge in [0.15, 0.2) is 28.5 Å². The first-order valence-corrected chi connectivity index (χ1v) is 7.91. The first-order valence-electron chi connectivity index (χ1n) is 7.91. The fourth-order valence-electron chi connectivity index (χ4n) is 2.93. The molecule has 0 aromatic heterocycles. The van der Waals surface area contributed by atoms with Crippen LogP contribution < -0.4 is 0 Å². The Labute approximate surface area is 154 Å². The molecule has 4 atom stereocenters. The number of phenolic OH excluding ortho intramolecular Hbond substituents is 2. The highest BCUT2D eigenvalue weighted by molar-refractivity contribution is 6.01. The summed E-state index contributed by atoms with van der Waals surface area (Å²) >= 11 is 0. The predicted molar refractivity (Wildman–Crippen MR) is 91.2 cm³/mol. The van der Waals surface area contributed by atoms with Crippen molar-refractivity contribution in [3.63, 3.8) is 0 Å². The van der Waals surface area contributed by atoms with E-state index in [1.807, 2.05) is 0 Å². The summed E-state index contributed by atoms with van der Waals surface area (Å²) in [6, 6.07) is 3.69. The lowest BCUT2D eigenvalue weighted by Gasteiger charge is -2.44. The first-order chi connectivity index (χ1) is 12.5. The van der Waals surface area contributed by atoms with Crippen molar-refractivity contribution in [2.24, 2.45) is 0 Å². The van der Waals surface area contributed by atoms with Crippen molar-refractivity contribution in [2.75, 3.05) is 0 Å². The van der Waals surface area contributed by atoms with E-state index in [4.69, 9.17) is 0 Å². The number of phenols is 2. The highest BCUT2D eigenvalue weighted by atomic mass is 16.5. The minimum atomic E-state index is -2.66. The Kier molecular flexibility index (Phi) is 5.71. The normalized spacial score (nSPS) is 30.8. The van der Waals surface area contributed by atoms with E-state index in [0.29, 0.717) is 0 Å². The lowest BCUT2D eigenvalue weighted by atomic mass is 9.69. The molecule has 9 nitrogen and oxygen atoms in total. The molecule has 9 heteroatoms. The van der Waals surface area contributed by atoms with Crippen molar-refractivity contribution in [3.8, 4) is 11.5 Å². The van der Waals surface area contributed by atoms with Gasteiger partial charge in [0.2, 0.25) is 0 Å². The molecule has 1 aliphatic carbocycles. The van der Waals surface area contributed by atoms with Crippen molar-refractivity contribution in [1.29, 1.82) is 0 Å². The molecule has 0 amide bonds. The standard InChI is InChI=1S/C18H20O9/c1-2-27-16(24)17(25)8-13(21)15(23)18(26,9-17)14(22)6-4-10-3-5-11(19)12(20)7-10/h2-7,13,15,19-21,23,25-26H,1,8-9H2/b6-4+/t13-,15?,17?,18+/m1/s1. The van der Waals surface area contributed by atoms with E-state index in [2.05, 4.69) is 11.3 Å². The summed E-state index contributed by atoms with van der Waals surface area (Å²) in [5.41, 5.74) is -4.79. The second-order valence-corrected chi connectivity index (χ2v) is 6.37. The van der Waals surface area contributed by atoms with Crippen molar-refractivity contribution in [1.82, 2.24) is 0 Å². The molecule has 1 aliphatic rings. The zero-order chi connectivity index (χ0) is 20.4. The second kappa shape index (κ2) is 7.49. The number of esters is 1. The van der Waals surface area contributed by atoms with Crippen molar-refractivity contribution >= 4 is 17.8 Å².